The van der Waals surface area contributed by atoms with Crippen molar-refractivity contribution < 1.29 is 14.6 Å². The molecule has 2 N–H and O–H groups in total. The fraction of sp³-hybridized carbons (Fsp3) is 0.900. The highest BCUT2D eigenvalue weighted by Crippen LogP contribution is 2.25. The Morgan fingerprint density at radius 1 is 1.57 bits per heavy atom. The quantitative estimate of drug-likeness (QED) is 0.688. The first-order valence-electron chi connectivity index (χ1n) is 5.18. The van der Waals surface area contributed by atoms with E-state index in [1.807, 2.05) is 7.05 Å². The molecular weight excluding hydrogens is 182 g/mol. The normalized spacial score (nSPS) is 20.6. The van der Waals surface area contributed by atoms with Crippen LogP contribution in [0.1, 0.15) is 19.3 Å². The van der Waals surface area contributed by atoms with Crippen LogP contribution < -0.4 is 5.32 Å². The highest BCUT2D eigenvalue weighted by atomic mass is 16.5. The zero-order valence-electron chi connectivity index (χ0n) is 8.66. The van der Waals surface area contributed by atoms with E-state index in [2.05, 4.69) is 5.32 Å². The molecule has 0 aromatic heterocycles. The molecule has 1 aliphatic heterocycles. The summed E-state index contributed by atoms with van der Waals surface area (Å²) in [5.41, 5.74) is 0. The van der Waals surface area contributed by atoms with E-state index in [-0.39, 0.29) is 12.3 Å². The number of carboxylic acids is 1. The molecule has 0 saturated carbocycles. The van der Waals surface area contributed by atoms with Crippen LogP contribution in [0, 0.1) is 11.8 Å². The van der Waals surface area contributed by atoms with Gasteiger partial charge < -0.3 is 15.2 Å². The van der Waals surface area contributed by atoms with Crippen LogP contribution in [0.15, 0.2) is 0 Å². The van der Waals surface area contributed by atoms with Crippen molar-refractivity contribution in [1.82, 2.24) is 5.32 Å². The average Bonchev–Trinajstić information content (AvgIpc) is 2.18. The molecule has 1 atom stereocenters. The Labute approximate surface area is 84.6 Å². The summed E-state index contributed by atoms with van der Waals surface area (Å²) in [5.74, 6) is 0.0606. The molecule has 1 unspecified atom stereocenters. The van der Waals surface area contributed by atoms with Crippen molar-refractivity contribution in [2.45, 2.75) is 19.3 Å². The maximum atomic E-state index is 10.7. The van der Waals surface area contributed by atoms with E-state index < -0.39 is 5.97 Å². The highest BCUT2D eigenvalue weighted by molar-refractivity contribution is 5.67. The lowest BCUT2D eigenvalue weighted by Crippen LogP contribution is -2.31. The highest BCUT2D eigenvalue weighted by Gasteiger charge is 2.25. The van der Waals surface area contributed by atoms with Crippen molar-refractivity contribution >= 4 is 5.97 Å². The molecule has 1 aliphatic rings. The average molecular weight is 201 g/mol. The fourth-order valence-corrected chi connectivity index (χ4v) is 2.08. The first-order chi connectivity index (χ1) is 6.74. The second kappa shape index (κ2) is 5.98. The number of rotatable bonds is 5. The Morgan fingerprint density at radius 3 is 2.71 bits per heavy atom. The predicted molar refractivity (Wildman–Crippen MR) is 53.2 cm³/mol. The number of carbonyl (C=O) groups is 1. The Morgan fingerprint density at radius 2 is 2.21 bits per heavy atom. The van der Waals surface area contributed by atoms with Crippen LogP contribution in [0.3, 0.4) is 0 Å². The van der Waals surface area contributed by atoms with Gasteiger partial charge in [0.2, 0.25) is 0 Å². The van der Waals surface area contributed by atoms with Gasteiger partial charge in [-0.3, -0.25) is 4.79 Å². The third kappa shape index (κ3) is 3.64. The van der Waals surface area contributed by atoms with E-state index in [0.717, 1.165) is 32.6 Å². The molecule has 0 aliphatic carbocycles. The van der Waals surface area contributed by atoms with Gasteiger partial charge in [0.15, 0.2) is 0 Å². The lowest BCUT2D eigenvalue weighted by atomic mass is 9.84. The largest absolute Gasteiger partial charge is 0.481 e. The van der Waals surface area contributed by atoms with Gasteiger partial charge in [0, 0.05) is 19.6 Å². The molecule has 0 radical (unpaired) electrons. The van der Waals surface area contributed by atoms with E-state index in [1.165, 1.54) is 0 Å². The van der Waals surface area contributed by atoms with E-state index in [9.17, 15) is 4.79 Å². The molecule has 0 aromatic carbocycles. The standard InChI is InChI=1S/C10H19NO3/c1-11-7-9(6-10(12)13)8-2-4-14-5-3-8/h8-9,11H,2-7H2,1H3,(H,12,13). The van der Waals surface area contributed by atoms with Crippen LogP contribution >= 0.6 is 0 Å². The summed E-state index contributed by atoms with van der Waals surface area (Å²) in [6.07, 6.45) is 2.27. The molecule has 4 nitrogen and oxygen atoms in total. The van der Waals surface area contributed by atoms with Crippen molar-refractivity contribution in [3.63, 3.8) is 0 Å². The Hall–Kier alpha value is -0.610. The van der Waals surface area contributed by atoms with Gasteiger partial charge in [0.25, 0.3) is 0 Å². The zero-order valence-corrected chi connectivity index (χ0v) is 8.66. The van der Waals surface area contributed by atoms with Crippen molar-refractivity contribution in [2.24, 2.45) is 11.8 Å². The lowest BCUT2D eigenvalue weighted by molar-refractivity contribution is -0.138. The Kier molecular flexibility index (Phi) is 4.90. The molecule has 14 heavy (non-hydrogen) atoms. The molecule has 82 valence electrons. The van der Waals surface area contributed by atoms with Crippen LogP contribution in [0.25, 0.3) is 0 Å². The summed E-state index contributed by atoms with van der Waals surface area (Å²) < 4.78 is 5.27. The number of ether oxygens (including phenoxy) is 1. The summed E-state index contributed by atoms with van der Waals surface area (Å²) in [6, 6.07) is 0. The van der Waals surface area contributed by atoms with Gasteiger partial charge in [-0.05, 0) is 38.3 Å². The minimum Gasteiger partial charge on any atom is -0.481 e. The summed E-state index contributed by atoms with van der Waals surface area (Å²) >= 11 is 0. The molecule has 1 saturated heterocycles. The lowest BCUT2D eigenvalue weighted by Gasteiger charge is -2.29. The van der Waals surface area contributed by atoms with Crippen molar-refractivity contribution in [3.05, 3.63) is 0 Å². The third-order valence-electron chi connectivity index (χ3n) is 2.84. The molecule has 0 amide bonds. The van der Waals surface area contributed by atoms with Crippen molar-refractivity contribution in [3.8, 4) is 0 Å². The van der Waals surface area contributed by atoms with Gasteiger partial charge >= 0.3 is 5.97 Å². The summed E-state index contributed by atoms with van der Waals surface area (Å²) in [5, 5.41) is 11.8. The molecule has 1 fully saturated rings. The first-order valence-corrected chi connectivity index (χ1v) is 5.18. The molecule has 4 heteroatoms. The maximum Gasteiger partial charge on any atom is 0.303 e. The molecular formula is C10H19NO3. The monoisotopic (exact) mass is 201 g/mol. The zero-order chi connectivity index (χ0) is 10.4. The number of aliphatic carboxylic acids is 1. The number of nitrogens with one attached hydrogen (secondary N) is 1. The number of hydrogen-bond acceptors (Lipinski definition) is 3. The van der Waals surface area contributed by atoms with E-state index in [0.29, 0.717) is 5.92 Å². The third-order valence-corrected chi connectivity index (χ3v) is 2.84. The van der Waals surface area contributed by atoms with Gasteiger partial charge in [-0.15, -0.1) is 0 Å². The van der Waals surface area contributed by atoms with E-state index >= 15 is 0 Å². The topological polar surface area (TPSA) is 58.6 Å². The van der Waals surface area contributed by atoms with Crippen LogP contribution in [0.2, 0.25) is 0 Å². The Bertz CT molecular complexity index is 178. The fourth-order valence-electron chi connectivity index (χ4n) is 2.08. The minimum atomic E-state index is -0.697. The SMILES string of the molecule is CNCC(CC(=O)O)C1CCOCC1. The number of carboxylic acid groups (broad SMARTS) is 1. The van der Waals surface area contributed by atoms with Crippen LogP contribution in [0.5, 0.6) is 0 Å². The second-order valence-corrected chi connectivity index (χ2v) is 3.87. The van der Waals surface area contributed by atoms with Crippen LogP contribution in [0.4, 0.5) is 0 Å². The minimum absolute atomic E-state index is 0.251. The smallest absolute Gasteiger partial charge is 0.303 e. The summed E-state index contributed by atoms with van der Waals surface area (Å²) in [7, 11) is 1.87. The first kappa shape index (κ1) is 11.5. The van der Waals surface area contributed by atoms with Gasteiger partial charge in [-0.2, -0.15) is 0 Å². The molecule has 0 aromatic rings. The predicted octanol–water partition coefficient (Wildman–Crippen LogP) is 0.723. The van der Waals surface area contributed by atoms with Crippen LogP contribution in [-0.2, 0) is 9.53 Å². The molecule has 0 bridgehead atoms. The molecule has 1 heterocycles. The summed E-state index contributed by atoms with van der Waals surface area (Å²) in [4.78, 5) is 10.7. The van der Waals surface area contributed by atoms with Gasteiger partial charge in [0.05, 0.1) is 0 Å². The Balaban J connectivity index is 2.42. The van der Waals surface area contributed by atoms with Gasteiger partial charge in [-0.25, -0.2) is 0 Å². The summed E-state index contributed by atoms with van der Waals surface area (Å²) in [6.45, 7) is 2.35. The van der Waals surface area contributed by atoms with E-state index in [1.54, 1.807) is 0 Å². The second-order valence-electron chi connectivity index (χ2n) is 3.87. The molecule has 1 rings (SSSR count). The van der Waals surface area contributed by atoms with Crippen LogP contribution in [-0.4, -0.2) is 37.9 Å². The molecule has 0 spiro atoms. The number of hydrogen-bond donors (Lipinski definition) is 2. The van der Waals surface area contributed by atoms with Crippen molar-refractivity contribution in [1.29, 1.82) is 0 Å². The maximum absolute atomic E-state index is 10.7. The van der Waals surface area contributed by atoms with E-state index in [4.69, 9.17) is 9.84 Å². The van der Waals surface area contributed by atoms with Gasteiger partial charge in [-0.1, -0.05) is 0 Å². The van der Waals surface area contributed by atoms with Crippen molar-refractivity contribution in [2.75, 3.05) is 26.8 Å². The van der Waals surface area contributed by atoms with Gasteiger partial charge in [0.1, 0.15) is 0 Å².